The van der Waals surface area contributed by atoms with Crippen molar-refractivity contribution in [2.45, 2.75) is 64.5 Å². The summed E-state index contributed by atoms with van der Waals surface area (Å²) in [4.78, 5) is 16.0. The molecule has 2 unspecified atom stereocenters. The zero-order valence-electron chi connectivity index (χ0n) is 20.8. The average Bonchev–Trinajstić information content (AvgIpc) is 3.16. The van der Waals surface area contributed by atoms with Gasteiger partial charge in [-0.25, -0.2) is 0 Å². The third-order valence-electron chi connectivity index (χ3n) is 6.88. The van der Waals surface area contributed by atoms with E-state index < -0.39 is 0 Å². The second-order valence-corrected chi connectivity index (χ2v) is 9.34. The van der Waals surface area contributed by atoms with Crippen LogP contribution >= 0.6 is 0 Å². The molecule has 0 amide bonds. The molecule has 2 aromatic rings. The number of benzene rings is 2. The summed E-state index contributed by atoms with van der Waals surface area (Å²) in [5.41, 5.74) is 3.86. The maximum Gasteiger partial charge on any atom is 0.188 e. The van der Waals surface area contributed by atoms with E-state index in [2.05, 4.69) is 37.9 Å². The van der Waals surface area contributed by atoms with Crippen molar-refractivity contribution in [2.75, 3.05) is 20.3 Å². The molecule has 2 atom stereocenters. The number of carbonyl (C=O) groups excluding carboxylic acids is 1. The molecule has 34 heavy (non-hydrogen) atoms. The van der Waals surface area contributed by atoms with Crippen molar-refractivity contribution in [2.24, 2.45) is 0 Å². The number of piperidine rings is 1. The first-order valence-electron chi connectivity index (χ1n) is 12.8. The van der Waals surface area contributed by atoms with Gasteiger partial charge in [0.05, 0.1) is 13.2 Å². The molecule has 0 spiro atoms. The van der Waals surface area contributed by atoms with Crippen molar-refractivity contribution in [1.82, 2.24) is 4.90 Å². The lowest BCUT2D eigenvalue weighted by Gasteiger charge is -2.34. The Kier molecular flexibility index (Phi) is 8.23. The Morgan fingerprint density at radius 3 is 1.56 bits per heavy atom. The SMILES string of the molecule is CCCCOc1ccc(/C=C2/C(=O)/C(=C/c3ccc(OCCCC)cc3)C3CCC2N3C)cc1. The van der Waals surface area contributed by atoms with E-state index in [1.165, 1.54) is 0 Å². The first-order valence-corrected chi connectivity index (χ1v) is 12.8. The molecule has 4 rings (SSSR count). The topological polar surface area (TPSA) is 38.8 Å². The van der Waals surface area contributed by atoms with Crippen LogP contribution in [0.4, 0.5) is 0 Å². The summed E-state index contributed by atoms with van der Waals surface area (Å²) < 4.78 is 11.6. The fraction of sp³-hybridized carbons (Fsp3) is 0.433. The lowest BCUT2D eigenvalue weighted by Crippen LogP contribution is -2.43. The molecule has 0 saturated carbocycles. The van der Waals surface area contributed by atoms with Gasteiger partial charge in [0, 0.05) is 23.2 Å². The number of ether oxygens (including phenoxy) is 2. The Morgan fingerprint density at radius 1 is 0.765 bits per heavy atom. The normalized spacial score (nSPS) is 22.5. The van der Waals surface area contributed by atoms with Crippen LogP contribution in [0.5, 0.6) is 11.5 Å². The van der Waals surface area contributed by atoms with Crippen LogP contribution in [0.15, 0.2) is 59.7 Å². The highest BCUT2D eigenvalue weighted by molar-refractivity contribution is 6.16. The number of hydrogen-bond donors (Lipinski definition) is 0. The third kappa shape index (κ3) is 5.61. The standard InChI is InChI=1S/C30H37NO3/c1-4-6-18-33-24-12-8-22(9-13-24)20-26-28-16-17-29(31(28)3)27(30(26)32)21-23-10-14-25(15-11-23)34-19-7-5-2/h8-15,20-21,28-29H,4-7,16-19H2,1-3H3/b26-20+,27-21+. The lowest BCUT2D eigenvalue weighted by molar-refractivity contribution is -0.114. The van der Waals surface area contributed by atoms with Gasteiger partial charge in [0.25, 0.3) is 0 Å². The first-order chi connectivity index (χ1) is 16.6. The predicted molar refractivity (Wildman–Crippen MR) is 139 cm³/mol. The molecule has 2 saturated heterocycles. The molecule has 2 fully saturated rings. The highest BCUT2D eigenvalue weighted by Gasteiger charge is 2.44. The Balaban J connectivity index is 1.53. The molecular formula is C30H37NO3. The van der Waals surface area contributed by atoms with Crippen molar-refractivity contribution in [3.8, 4) is 11.5 Å². The molecule has 0 aromatic heterocycles. The van der Waals surface area contributed by atoms with E-state index in [1.807, 2.05) is 48.5 Å². The van der Waals surface area contributed by atoms with Crippen LogP contribution < -0.4 is 9.47 Å². The van der Waals surface area contributed by atoms with Crippen LogP contribution in [-0.2, 0) is 4.79 Å². The van der Waals surface area contributed by atoms with Crippen LogP contribution in [-0.4, -0.2) is 43.0 Å². The van der Waals surface area contributed by atoms with Gasteiger partial charge < -0.3 is 9.47 Å². The molecule has 2 aromatic carbocycles. The van der Waals surface area contributed by atoms with Gasteiger partial charge in [-0.3, -0.25) is 9.69 Å². The maximum atomic E-state index is 13.6. The monoisotopic (exact) mass is 459 g/mol. The molecule has 4 heteroatoms. The summed E-state index contributed by atoms with van der Waals surface area (Å²) in [7, 11) is 2.14. The fourth-order valence-electron chi connectivity index (χ4n) is 4.83. The summed E-state index contributed by atoms with van der Waals surface area (Å²) in [6.45, 7) is 5.80. The van der Waals surface area contributed by atoms with Gasteiger partial charge in [0.15, 0.2) is 5.78 Å². The van der Waals surface area contributed by atoms with Crippen LogP contribution in [0.25, 0.3) is 12.2 Å². The molecule has 180 valence electrons. The molecule has 0 aliphatic carbocycles. The van der Waals surface area contributed by atoms with Crippen molar-refractivity contribution in [3.05, 3.63) is 70.8 Å². The van der Waals surface area contributed by atoms with E-state index in [9.17, 15) is 4.79 Å². The van der Waals surface area contributed by atoms with Gasteiger partial charge >= 0.3 is 0 Å². The number of fused-ring (bicyclic) bond motifs is 2. The predicted octanol–water partition coefficient (Wildman–Crippen LogP) is 6.56. The summed E-state index contributed by atoms with van der Waals surface area (Å²) >= 11 is 0. The summed E-state index contributed by atoms with van der Waals surface area (Å²) in [5.74, 6) is 1.94. The lowest BCUT2D eigenvalue weighted by atomic mass is 9.88. The Labute approximate surface area is 204 Å². The van der Waals surface area contributed by atoms with Crippen LogP contribution in [0.3, 0.4) is 0 Å². The van der Waals surface area contributed by atoms with Crippen LogP contribution in [0.1, 0.15) is 63.5 Å². The summed E-state index contributed by atoms with van der Waals surface area (Å²) in [6, 6.07) is 16.5. The minimum Gasteiger partial charge on any atom is -0.494 e. The molecule has 2 aliphatic rings. The van der Waals surface area contributed by atoms with Gasteiger partial charge in [-0.1, -0.05) is 51.0 Å². The molecule has 0 radical (unpaired) electrons. The van der Waals surface area contributed by atoms with E-state index in [0.717, 1.165) is 85.5 Å². The number of unbranched alkanes of at least 4 members (excludes halogenated alkanes) is 2. The van der Waals surface area contributed by atoms with E-state index in [0.29, 0.717) is 0 Å². The van der Waals surface area contributed by atoms with Crippen LogP contribution in [0, 0.1) is 0 Å². The molecule has 2 bridgehead atoms. The maximum absolute atomic E-state index is 13.6. The summed E-state index contributed by atoms with van der Waals surface area (Å²) in [5, 5.41) is 0. The van der Waals surface area contributed by atoms with Gasteiger partial charge in [0.1, 0.15) is 11.5 Å². The molecule has 4 nitrogen and oxygen atoms in total. The smallest absolute Gasteiger partial charge is 0.188 e. The van der Waals surface area contributed by atoms with Crippen molar-refractivity contribution in [3.63, 3.8) is 0 Å². The van der Waals surface area contributed by atoms with E-state index in [1.54, 1.807) is 0 Å². The number of carbonyl (C=O) groups is 1. The van der Waals surface area contributed by atoms with Crippen molar-refractivity contribution >= 4 is 17.9 Å². The average molecular weight is 460 g/mol. The van der Waals surface area contributed by atoms with Gasteiger partial charge in [-0.15, -0.1) is 0 Å². The fourth-order valence-corrected chi connectivity index (χ4v) is 4.83. The zero-order valence-corrected chi connectivity index (χ0v) is 20.8. The third-order valence-corrected chi connectivity index (χ3v) is 6.88. The summed E-state index contributed by atoms with van der Waals surface area (Å²) in [6.07, 6.45) is 10.5. The second kappa shape index (κ2) is 11.5. The first kappa shape index (κ1) is 24.3. The van der Waals surface area contributed by atoms with Gasteiger partial charge in [-0.05, 0) is 80.3 Å². The second-order valence-electron chi connectivity index (χ2n) is 9.34. The number of rotatable bonds is 10. The number of likely N-dealkylation sites (N-methyl/N-ethyl adjacent to an activating group) is 1. The molecule has 2 heterocycles. The Bertz CT molecular complexity index is 939. The highest BCUT2D eigenvalue weighted by atomic mass is 16.5. The number of hydrogen-bond acceptors (Lipinski definition) is 4. The number of ketones is 1. The van der Waals surface area contributed by atoms with E-state index in [-0.39, 0.29) is 17.9 Å². The molecule has 0 N–H and O–H groups in total. The highest BCUT2D eigenvalue weighted by Crippen LogP contribution is 2.40. The van der Waals surface area contributed by atoms with Crippen molar-refractivity contribution < 1.29 is 14.3 Å². The largest absolute Gasteiger partial charge is 0.494 e. The van der Waals surface area contributed by atoms with E-state index in [4.69, 9.17) is 9.47 Å². The number of nitrogens with zero attached hydrogens (tertiary/aromatic N) is 1. The number of Topliss-reactive ketones (excluding diaryl/α,β-unsaturated/α-hetero) is 1. The minimum absolute atomic E-state index is 0.178. The van der Waals surface area contributed by atoms with Crippen molar-refractivity contribution in [1.29, 1.82) is 0 Å². The van der Waals surface area contributed by atoms with Crippen LogP contribution in [0.2, 0.25) is 0 Å². The Hall–Kier alpha value is -2.85. The van der Waals surface area contributed by atoms with Gasteiger partial charge in [-0.2, -0.15) is 0 Å². The molecular weight excluding hydrogens is 422 g/mol. The van der Waals surface area contributed by atoms with Gasteiger partial charge in [0.2, 0.25) is 0 Å². The molecule has 2 aliphatic heterocycles. The Morgan fingerprint density at radius 2 is 1.18 bits per heavy atom. The van der Waals surface area contributed by atoms with E-state index >= 15 is 0 Å². The zero-order chi connectivity index (χ0) is 23.9. The minimum atomic E-state index is 0.178. The quantitative estimate of drug-likeness (QED) is 0.298.